The van der Waals surface area contributed by atoms with E-state index in [9.17, 15) is 19.6 Å². The summed E-state index contributed by atoms with van der Waals surface area (Å²) in [7, 11) is 1.56. The molecular formula is C22H34N2O4. The van der Waals surface area contributed by atoms with Crippen LogP contribution in [0.4, 0.5) is 0 Å². The molecule has 0 saturated carbocycles. The summed E-state index contributed by atoms with van der Waals surface area (Å²) in [6.07, 6.45) is 2.49. The zero-order chi connectivity index (χ0) is 21.3. The quantitative estimate of drug-likeness (QED) is 0.345. The van der Waals surface area contributed by atoms with Gasteiger partial charge >= 0.3 is 0 Å². The Morgan fingerprint density at radius 1 is 1.21 bits per heavy atom. The second-order valence-electron chi connectivity index (χ2n) is 8.41. The third kappa shape index (κ3) is 7.08. The van der Waals surface area contributed by atoms with Crippen LogP contribution >= 0.6 is 0 Å². The average molecular weight is 391 g/mol. The average Bonchev–Trinajstić information content (AvgIpc) is 2.67. The van der Waals surface area contributed by atoms with Crippen molar-refractivity contribution in [3.8, 4) is 0 Å². The number of benzene rings is 1. The van der Waals surface area contributed by atoms with Gasteiger partial charge in [0.1, 0.15) is 5.78 Å². The number of hydrogen-bond acceptors (Lipinski definition) is 4. The van der Waals surface area contributed by atoms with Crippen LogP contribution < -0.4 is 5.32 Å². The highest BCUT2D eigenvalue weighted by molar-refractivity contribution is 5.88. The molecule has 1 aromatic rings. The lowest BCUT2D eigenvalue weighted by atomic mass is 9.74. The number of rotatable bonds is 11. The molecule has 0 unspecified atom stereocenters. The van der Waals surface area contributed by atoms with Gasteiger partial charge in [-0.25, -0.2) is 5.06 Å². The Morgan fingerprint density at radius 3 is 2.32 bits per heavy atom. The van der Waals surface area contributed by atoms with Crippen molar-refractivity contribution >= 4 is 18.1 Å². The number of nitrogens with zero attached hydrogens (tertiary/aromatic N) is 1. The maximum atomic E-state index is 13.1. The fourth-order valence-corrected chi connectivity index (χ4v) is 3.44. The number of aryl methyl sites for hydroxylation is 1. The second-order valence-corrected chi connectivity index (χ2v) is 8.41. The Bertz CT molecular complexity index is 640. The molecule has 0 spiro atoms. The van der Waals surface area contributed by atoms with E-state index >= 15 is 0 Å². The fraction of sp³-hybridized carbons (Fsp3) is 0.591. The van der Waals surface area contributed by atoms with Crippen LogP contribution in [0.25, 0.3) is 0 Å². The summed E-state index contributed by atoms with van der Waals surface area (Å²) < 4.78 is 0. The smallest absolute Gasteiger partial charge is 0.233 e. The summed E-state index contributed by atoms with van der Waals surface area (Å²) in [4.78, 5) is 36.4. The van der Waals surface area contributed by atoms with Gasteiger partial charge in [0.2, 0.25) is 12.3 Å². The first kappa shape index (κ1) is 23.8. The number of hydroxylamine groups is 2. The molecule has 0 aliphatic heterocycles. The number of carbonyl (C=O) groups excluding carboxylic acids is 3. The molecule has 0 bridgehead atoms. The van der Waals surface area contributed by atoms with Crippen LogP contribution in [0.1, 0.15) is 52.5 Å². The van der Waals surface area contributed by atoms with Crippen LogP contribution in [0, 0.1) is 17.3 Å². The number of hydrogen-bond donors (Lipinski definition) is 2. The van der Waals surface area contributed by atoms with Gasteiger partial charge in [0.05, 0.1) is 6.04 Å². The van der Waals surface area contributed by atoms with Gasteiger partial charge in [-0.2, -0.15) is 0 Å². The van der Waals surface area contributed by atoms with Crippen molar-refractivity contribution < 1.29 is 19.6 Å². The topological polar surface area (TPSA) is 86.7 Å². The van der Waals surface area contributed by atoms with Crippen LogP contribution in [0.3, 0.4) is 0 Å². The summed E-state index contributed by atoms with van der Waals surface area (Å²) >= 11 is 0. The lowest BCUT2D eigenvalue weighted by molar-refractivity contribution is -0.166. The first-order valence-corrected chi connectivity index (χ1v) is 9.82. The lowest BCUT2D eigenvalue weighted by Gasteiger charge is -2.32. The molecule has 2 amide bonds. The summed E-state index contributed by atoms with van der Waals surface area (Å²) in [6, 6.07) is 9.32. The maximum Gasteiger partial charge on any atom is 0.233 e. The first-order chi connectivity index (χ1) is 13.1. The highest BCUT2D eigenvalue weighted by atomic mass is 16.5. The van der Waals surface area contributed by atoms with Gasteiger partial charge in [0.25, 0.3) is 0 Å². The van der Waals surface area contributed by atoms with Crippen molar-refractivity contribution in [2.75, 3.05) is 7.05 Å². The Labute approximate surface area is 168 Å². The standard InChI is InChI=1S/C22H34N2O4/c1-16(24(28)15-25)18(13-9-12-17-10-7-6-8-11-17)20(26)14-19(21(27)23-5)22(2,3)4/h6-8,10-11,15-16,18-19,28H,9,12-14H2,1-5H3,(H,23,27)/t16-,18+,19-/m0/s1. The van der Waals surface area contributed by atoms with Crippen molar-refractivity contribution in [3.05, 3.63) is 35.9 Å². The molecule has 0 aliphatic rings. The van der Waals surface area contributed by atoms with Gasteiger partial charge in [-0.1, -0.05) is 51.1 Å². The van der Waals surface area contributed by atoms with Gasteiger partial charge < -0.3 is 5.32 Å². The normalized spacial score (nSPS) is 14.6. The molecule has 3 atom stereocenters. The summed E-state index contributed by atoms with van der Waals surface area (Å²) in [6.45, 7) is 7.44. The van der Waals surface area contributed by atoms with Crippen LogP contribution in [0.2, 0.25) is 0 Å². The minimum atomic E-state index is -0.647. The zero-order valence-electron chi connectivity index (χ0n) is 17.6. The monoisotopic (exact) mass is 390 g/mol. The largest absolute Gasteiger partial charge is 0.359 e. The second kappa shape index (κ2) is 11.0. The van der Waals surface area contributed by atoms with Crippen LogP contribution in [0.15, 0.2) is 30.3 Å². The molecule has 1 aromatic carbocycles. The minimum absolute atomic E-state index is 0.0796. The van der Waals surface area contributed by atoms with E-state index in [4.69, 9.17) is 0 Å². The van der Waals surface area contributed by atoms with E-state index in [1.807, 2.05) is 51.1 Å². The minimum Gasteiger partial charge on any atom is -0.359 e. The van der Waals surface area contributed by atoms with Gasteiger partial charge in [-0.3, -0.25) is 19.6 Å². The zero-order valence-corrected chi connectivity index (χ0v) is 17.6. The van der Waals surface area contributed by atoms with Gasteiger partial charge in [-0.05, 0) is 37.2 Å². The third-order valence-corrected chi connectivity index (χ3v) is 5.36. The Morgan fingerprint density at radius 2 is 1.82 bits per heavy atom. The van der Waals surface area contributed by atoms with Crippen molar-refractivity contribution in [2.45, 2.75) is 59.4 Å². The Balaban J connectivity index is 2.91. The highest BCUT2D eigenvalue weighted by Gasteiger charge is 2.36. The van der Waals surface area contributed by atoms with Crippen LogP contribution in [-0.2, 0) is 20.8 Å². The molecule has 6 nitrogen and oxygen atoms in total. The predicted octanol–water partition coefficient (Wildman–Crippen LogP) is 3.23. The molecule has 0 radical (unpaired) electrons. The fourth-order valence-electron chi connectivity index (χ4n) is 3.44. The van der Waals surface area contributed by atoms with Crippen molar-refractivity contribution in [1.29, 1.82) is 0 Å². The Kier molecular flexibility index (Phi) is 9.32. The number of carbonyl (C=O) groups is 3. The van der Waals surface area contributed by atoms with E-state index in [1.54, 1.807) is 14.0 Å². The van der Waals surface area contributed by atoms with Crippen molar-refractivity contribution in [1.82, 2.24) is 10.4 Å². The van der Waals surface area contributed by atoms with Crippen molar-refractivity contribution in [3.63, 3.8) is 0 Å². The van der Waals surface area contributed by atoms with E-state index < -0.39 is 17.9 Å². The maximum absolute atomic E-state index is 13.1. The molecule has 156 valence electrons. The lowest BCUT2D eigenvalue weighted by Crippen LogP contribution is -2.43. The number of Topliss-reactive ketones (excluding diaryl/α,β-unsaturated/α-hetero) is 1. The van der Waals surface area contributed by atoms with Crippen molar-refractivity contribution in [2.24, 2.45) is 17.3 Å². The molecule has 28 heavy (non-hydrogen) atoms. The molecule has 0 saturated heterocycles. The molecule has 0 fully saturated rings. The summed E-state index contributed by atoms with van der Waals surface area (Å²) in [5, 5.41) is 13.0. The molecule has 0 aromatic heterocycles. The van der Waals surface area contributed by atoms with Crippen LogP contribution in [0.5, 0.6) is 0 Å². The van der Waals surface area contributed by atoms with Gasteiger partial charge in [-0.15, -0.1) is 0 Å². The number of amides is 2. The molecular weight excluding hydrogens is 356 g/mol. The van der Waals surface area contributed by atoms with E-state index in [2.05, 4.69) is 5.32 Å². The van der Waals surface area contributed by atoms with Crippen LogP contribution in [-0.4, -0.2) is 41.5 Å². The highest BCUT2D eigenvalue weighted by Crippen LogP contribution is 2.31. The number of nitrogens with one attached hydrogen (secondary N) is 1. The summed E-state index contributed by atoms with van der Waals surface area (Å²) in [5.41, 5.74) is 0.799. The first-order valence-electron chi connectivity index (χ1n) is 9.82. The van der Waals surface area contributed by atoms with E-state index in [0.717, 1.165) is 12.8 Å². The SMILES string of the molecule is CNC(=O)[C@H](CC(=O)[C@H](CCCc1ccccc1)[C@H](C)N(O)C=O)C(C)(C)C. The number of ketones is 1. The van der Waals surface area contributed by atoms with E-state index in [-0.39, 0.29) is 23.5 Å². The van der Waals surface area contributed by atoms with Gasteiger partial charge in [0.15, 0.2) is 0 Å². The third-order valence-electron chi connectivity index (χ3n) is 5.36. The summed E-state index contributed by atoms with van der Waals surface area (Å²) in [5.74, 6) is -1.29. The molecule has 2 N–H and O–H groups in total. The predicted molar refractivity (Wildman–Crippen MR) is 109 cm³/mol. The Hall–Kier alpha value is -2.21. The van der Waals surface area contributed by atoms with E-state index in [1.165, 1.54) is 5.56 Å². The molecule has 6 heteroatoms. The molecule has 0 aliphatic carbocycles. The molecule has 1 rings (SSSR count). The van der Waals surface area contributed by atoms with Gasteiger partial charge in [0, 0.05) is 25.3 Å². The van der Waals surface area contributed by atoms with E-state index in [0.29, 0.717) is 17.9 Å². The molecule has 0 heterocycles.